The van der Waals surface area contributed by atoms with E-state index in [1.165, 1.54) is 18.2 Å². The molecule has 2 fully saturated rings. The Morgan fingerprint density at radius 3 is 1.40 bits per heavy atom. The van der Waals surface area contributed by atoms with Crippen molar-refractivity contribution in [2.24, 2.45) is 0 Å². The molecular weight excluding hydrogens is 725 g/mol. The molecule has 1 amide bonds. The summed E-state index contributed by atoms with van der Waals surface area (Å²) in [5.41, 5.74) is 1.70. The number of rotatable bonds is 6. The topological polar surface area (TPSA) is 49.4 Å². The minimum Gasteiger partial charge on any atom is -0.342 e. The van der Waals surface area contributed by atoms with Gasteiger partial charge in [0.2, 0.25) is 11.1 Å². The van der Waals surface area contributed by atoms with Crippen LogP contribution in [0.4, 0.5) is 26.3 Å². The Bertz CT molecular complexity index is 1670. The fourth-order valence-corrected chi connectivity index (χ4v) is 6.59. The van der Waals surface area contributed by atoms with Crippen LogP contribution in [-0.4, -0.2) is 42.2 Å². The molecule has 2 heterocycles. The lowest BCUT2D eigenvalue weighted by molar-refractivity contribution is -0.139. The molecule has 2 aliphatic rings. The van der Waals surface area contributed by atoms with E-state index in [0.717, 1.165) is 43.1 Å². The maximum Gasteiger partial charge on any atom is 0.416 e. The average Bonchev–Trinajstić information content (AvgIpc) is 3.12. The highest BCUT2D eigenvalue weighted by atomic mass is 35.5. The van der Waals surface area contributed by atoms with Gasteiger partial charge in [-0.25, -0.2) is 0 Å². The molecule has 0 saturated carbocycles. The fourth-order valence-electron chi connectivity index (χ4n) is 6.43. The van der Waals surface area contributed by atoms with Crippen LogP contribution in [0.5, 0.6) is 0 Å². The van der Waals surface area contributed by atoms with Crippen molar-refractivity contribution in [1.29, 1.82) is 0 Å². The summed E-state index contributed by atoms with van der Waals surface area (Å²) in [4.78, 5) is 24.5. The summed E-state index contributed by atoms with van der Waals surface area (Å²) < 4.78 is 77.9. The summed E-state index contributed by atoms with van der Waals surface area (Å²) in [5.74, 6) is -0.0774. The van der Waals surface area contributed by atoms with E-state index in [1.807, 2.05) is 60.7 Å². The summed E-state index contributed by atoms with van der Waals surface area (Å²) in [6, 6.07) is 30.6. The molecule has 6 rings (SSSR count). The Labute approximate surface area is 312 Å². The lowest BCUT2D eigenvalue weighted by Gasteiger charge is -2.33. The predicted octanol–water partition coefficient (Wildman–Crippen LogP) is 10.2. The molecule has 0 bridgehead atoms. The highest BCUT2D eigenvalue weighted by Crippen LogP contribution is 2.39. The Morgan fingerprint density at radius 1 is 0.596 bits per heavy atom. The van der Waals surface area contributed by atoms with Crippen LogP contribution in [0.15, 0.2) is 109 Å². The number of hydrogen-bond acceptors (Lipinski definition) is 3. The van der Waals surface area contributed by atoms with Crippen molar-refractivity contribution in [3.63, 3.8) is 0 Å². The van der Waals surface area contributed by atoms with Crippen LogP contribution in [0, 0.1) is 0 Å². The van der Waals surface area contributed by atoms with E-state index < -0.39 is 23.5 Å². The van der Waals surface area contributed by atoms with Crippen molar-refractivity contribution in [3.05, 3.63) is 143 Å². The lowest BCUT2D eigenvalue weighted by atomic mass is 9.86. The third-order valence-corrected chi connectivity index (χ3v) is 9.12. The fraction of sp³-hybridized carbons (Fsp3) is 0.350. The van der Waals surface area contributed by atoms with Crippen molar-refractivity contribution < 1.29 is 35.9 Å². The van der Waals surface area contributed by atoms with E-state index in [1.54, 1.807) is 29.2 Å². The van der Waals surface area contributed by atoms with Gasteiger partial charge in [-0.1, -0.05) is 97.1 Å². The summed E-state index contributed by atoms with van der Waals surface area (Å²) in [5, 5.41) is 2.85. The van der Waals surface area contributed by atoms with Gasteiger partial charge in [-0.2, -0.15) is 26.3 Å². The molecule has 2 saturated heterocycles. The van der Waals surface area contributed by atoms with Crippen molar-refractivity contribution in [2.45, 2.75) is 62.7 Å². The first kappa shape index (κ1) is 42.6. The molecule has 4 aromatic rings. The van der Waals surface area contributed by atoms with Gasteiger partial charge < -0.3 is 10.2 Å². The summed E-state index contributed by atoms with van der Waals surface area (Å²) in [7, 11) is 0. The van der Waals surface area contributed by atoms with Crippen LogP contribution in [0.2, 0.25) is 0 Å². The minimum atomic E-state index is -4.34. The Balaban J connectivity index is 0.000000231. The molecule has 280 valence electrons. The molecule has 4 aromatic carbocycles. The van der Waals surface area contributed by atoms with Crippen LogP contribution in [0.25, 0.3) is 0 Å². The van der Waals surface area contributed by atoms with Gasteiger partial charge >= 0.3 is 12.4 Å². The number of benzene rings is 4. The normalized spacial score (nSPS) is 15.2. The van der Waals surface area contributed by atoms with E-state index in [9.17, 15) is 35.9 Å². The zero-order valence-electron chi connectivity index (χ0n) is 28.4. The number of alkyl halides is 6. The van der Waals surface area contributed by atoms with Crippen molar-refractivity contribution in [3.8, 4) is 0 Å². The van der Waals surface area contributed by atoms with Crippen LogP contribution < -0.4 is 5.32 Å². The largest absolute Gasteiger partial charge is 0.416 e. The highest BCUT2D eigenvalue weighted by Gasteiger charge is 2.36. The maximum absolute atomic E-state index is 13.2. The van der Waals surface area contributed by atoms with E-state index in [-0.39, 0.29) is 35.4 Å². The van der Waals surface area contributed by atoms with E-state index >= 15 is 0 Å². The molecule has 2 aliphatic heterocycles. The number of carbonyl (C=O) groups is 2. The number of carbonyl (C=O) groups excluding carboxylic acids is 2. The van der Waals surface area contributed by atoms with Crippen LogP contribution in [-0.2, 0) is 34.8 Å². The monoisotopic (exact) mass is 766 g/mol. The number of nitrogens with zero attached hydrogens (tertiary/aromatic N) is 1. The summed E-state index contributed by atoms with van der Waals surface area (Å²) in [6.07, 6.45) is -5.22. The molecule has 0 atom stereocenters. The SMILES string of the molecule is Cl.FC(F)(F)c1ccccc1C1CCNCC1.O=C(Cc1ccccc1)N1CCC(c2ccccc2C(F)(F)F)CC1.O=C(Cl)Cc1ccccc1. The van der Waals surface area contributed by atoms with Gasteiger partial charge in [-0.05, 0) is 96.6 Å². The number of likely N-dealkylation sites (tertiary alicyclic amines) is 1. The molecule has 0 radical (unpaired) electrons. The summed E-state index contributed by atoms with van der Waals surface area (Å²) >= 11 is 5.17. The second kappa shape index (κ2) is 20.4. The van der Waals surface area contributed by atoms with Gasteiger partial charge in [0.15, 0.2) is 0 Å². The van der Waals surface area contributed by atoms with Crippen LogP contribution in [0.1, 0.15) is 70.9 Å². The van der Waals surface area contributed by atoms with Crippen LogP contribution in [0.3, 0.4) is 0 Å². The van der Waals surface area contributed by atoms with Gasteiger partial charge in [-0.3, -0.25) is 9.59 Å². The van der Waals surface area contributed by atoms with Crippen molar-refractivity contribution in [1.82, 2.24) is 10.2 Å². The number of nitrogens with one attached hydrogen (secondary N) is 1. The zero-order valence-corrected chi connectivity index (χ0v) is 30.0. The highest BCUT2D eigenvalue weighted by molar-refractivity contribution is 6.63. The quantitative estimate of drug-likeness (QED) is 0.157. The molecule has 0 unspecified atom stereocenters. The van der Waals surface area contributed by atoms with Crippen LogP contribution >= 0.6 is 24.0 Å². The van der Waals surface area contributed by atoms with Crippen molar-refractivity contribution >= 4 is 35.2 Å². The molecule has 52 heavy (non-hydrogen) atoms. The Hall–Kier alpha value is -3.86. The third-order valence-electron chi connectivity index (χ3n) is 8.98. The first-order chi connectivity index (χ1) is 24.3. The number of amides is 1. The predicted molar refractivity (Wildman–Crippen MR) is 195 cm³/mol. The molecule has 1 N–H and O–H groups in total. The van der Waals surface area contributed by atoms with E-state index in [0.29, 0.717) is 49.9 Å². The lowest BCUT2D eigenvalue weighted by Crippen LogP contribution is -2.39. The van der Waals surface area contributed by atoms with Crippen molar-refractivity contribution in [2.75, 3.05) is 26.2 Å². The molecule has 0 aromatic heterocycles. The first-order valence-electron chi connectivity index (χ1n) is 16.9. The van der Waals surface area contributed by atoms with E-state index in [2.05, 4.69) is 5.32 Å². The summed E-state index contributed by atoms with van der Waals surface area (Å²) in [6.45, 7) is 2.61. The second-order valence-corrected chi connectivity index (χ2v) is 13.0. The molecule has 4 nitrogen and oxygen atoms in total. The first-order valence-corrected chi connectivity index (χ1v) is 17.3. The van der Waals surface area contributed by atoms with Gasteiger partial charge in [0, 0.05) is 19.5 Å². The smallest absolute Gasteiger partial charge is 0.342 e. The average molecular weight is 768 g/mol. The molecule has 0 spiro atoms. The standard InChI is InChI=1S/C20H20F3NO.C12H14F3N.C8H7ClO.ClH/c21-20(22,23)18-9-5-4-8-17(18)16-10-12-24(13-11-16)19(25)14-15-6-2-1-3-7-15;13-12(14,15)11-4-2-1-3-10(11)9-5-7-16-8-6-9;9-8(10)6-7-4-2-1-3-5-7;/h1-9,16H,10-14H2;1-4,9,16H,5-8H2;1-5H,6H2;1H. The Kier molecular flexibility index (Phi) is 16.7. The minimum absolute atomic E-state index is 0. The molecule has 12 heteroatoms. The molecular formula is C40H42Cl2F6N2O2. The van der Waals surface area contributed by atoms with Gasteiger partial charge in [0.1, 0.15) is 0 Å². The maximum atomic E-state index is 13.2. The third kappa shape index (κ3) is 13.3. The van der Waals surface area contributed by atoms with Gasteiger partial charge in [0.25, 0.3) is 0 Å². The second-order valence-electron chi connectivity index (χ2n) is 12.5. The number of halogens is 8. The number of piperidine rings is 2. The Morgan fingerprint density at radius 2 is 0.981 bits per heavy atom. The molecule has 0 aliphatic carbocycles. The van der Waals surface area contributed by atoms with Gasteiger partial charge in [-0.15, -0.1) is 12.4 Å². The van der Waals surface area contributed by atoms with E-state index in [4.69, 9.17) is 11.6 Å². The van der Waals surface area contributed by atoms with Gasteiger partial charge in [0.05, 0.1) is 17.5 Å². The number of hydrogen-bond donors (Lipinski definition) is 1. The zero-order chi connectivity index (χ0) is 36.9.